The van der Waals surface area contributed by atoms with E-state index in [2.05, 4.69) is 21.3 Å². The molecule has 4 rings (SSSR count). The molecule has 108 heavy (non-hydrogen) atoms. The third-order valence-corrected chi connectivity index (χ3v) is 17.4. The zero-order valence-corrected chi connectivity index (χ0v) is 63.1. The summed E-state index contributed by atoms with van der Waals surface area (Å²) in [7, 11) is 0. The molecule has 4 aliphatic rings. The normalized spacial score (nSPS) is 25.2. The van der Waals surface area contributed by atoms with Crippen LogP contribution in [0.5, 0.6) is 0 Å². The Labute approximate surface area is 631 Å². The van der Waals surface area contributed by atoms with Crippen LogP contribution in [0.25, 0.3) is 0 Å². The molecule has 3 fully saturated rings. The van der Waals surface area contributed by atoms with Crippen molar-refractivity contribution in [2.45, 2.75) is 214 Å². The van der Waals surface area contributed by atoms with E-state index in [9.17, 15) is 85.3 Å². The number of hydrogen-bond donors (Lipinski definition) is 16. The number of rotatable bonds is 62. The van der Waals surface area contributed by atoms with Crippen LogP contribution in [-0.4, -0.2) is 384 Å². The van der Waals surface area contributed by atoms with E-state index in [1.165, 1.54) is 0 Å². The highest BCUT2D eigenvalue weighted by molar-refractivity contribution is 5.78. The molecule has 38 nitrogen and oxygen atoms in total. The van der Waals surface area contributed by atoms with Crippen molar-refractivity contribution in [3.05, 3.63) is 11.7 Å². The first-order chi connectivity index (χ1) is 51.9. The second-order valence-corrected chi connectivity index (χ2v) is 27.6. The van der Waals surface area contributed by atoms with Gasteiger partial charge in [-0.2, -0.15) is 0 Å². The van der Waals surface area contributed by atoms with E-state index in [0.29, 0.717) is 32.4 Å². The van der Waals surface area contributed by atoms with E-state index >= 15 is 0 Å². The van der Waals surface area contributed by atoms with Gasteiger partial charge in [0, 0.05) is 64.7 Å². The average molecular weight is 1570 g/mol. The topological polar surface area (TPSA) is 527 Å². The number of nitrogens with one attached hydrogen (secondary N) is 4. The van der Waals surface area contributed by atoms with E-state index in [1.807, 2.05) is 20.8 Å². The van der Waals surface area contributed by atoms with E-state index < -0.39 is 110 Å². The Kier molecular flexibility index (Phi) is 49.6. The van der Waals surface area contributed by atoms with Crippen LogP contribution < -0.4 is 21.3 Å². The molecule has 38 heteroatoms. The average Bonchev–Trinajstić information content (AvgIpc) is 0.941. The molecule has 15 atom stereocenters. The first-order valence-electron chi connectivity index (χ1n) is 37.7. The molecule has 0 spiro atoms. The zero-order valence-electron chi connectivity index (χ0n) is 63.1. The predicted octanol–water partition coefficient (Wildman–Crippen LogP) is -4.29. The maximum atomic E-state index is 14.0. The summed E-state index contributed by atoms with van der Waals surface area (Å²) >= 11 is 0. The zero-order chi connectivity index (χ0) is 79.0. The summed E-state index contributed by atoms with van der Waals surface area (Å²) < 4.78 is 89.4. The van der Waals surface area contributed by atoms with Crippen molar-refractivity contribution in [1.29, 1.82) is 0 Å². The lowest BCUT2D eigenvalue weighted by molar-refractivity contribution is -0.302. The van der Waals surface area contributed by atoms with Gasteiger partial charge in [0.15, 0.2) is 18.7 Å². The maximum absolute atomic E-state index is 14.0. The first-order valence-corrected chi connectivity index (χ1v) is 37.7. The molecule has 0 aromatic carbocycles. The van der Waals surface area contributed by atoms with Gasteiger partial charge in [-0.15, -0.1) is 0 Å². The Hall–Kier alpha value is -4.51. The second kappa shape index (κ2) is 55.8. The van der Waals surface area contributed by atoms with Crippen LogP contribution in [0.2, 0.25) is 0 Å². The Bertz CT molecular complexity index is 2460. The van der Waals surface area contributed by atoms with Crippen LogP contribution in [0.15, 0.2) is 11.7 Å². The van der Waals surface area contributed by atoms with E-state index in [4.69, 9.17) is 75.8 Å². The van der Waals surface area contributed by atoms with Gasteiger partial charge < -0.3 is 163 Å². The largest absolute Gasteiger partial charge is 0.504 e. The lowest BCUT2D eigenvalue weighted by Crippen LogP contribution is -2.59. The third kappa shape index (κ3) is 39.8. The molecular formula is C70H127N5O33. The lowest BCUT2D eigenvalue weighted by Gasteiger charge is -2.39. The van der Waals surface area contributed by atoms with Crippen molar-refractivity contribution in [2.75, 3.05) is 191 Å². The Morgan fingerprint density at radius 2 is 0.917 bits per heavy atom. The monoisotopic (exact) mass is 1570 g/mol. The summed E-state index contributed by atoms with van der Waals surface area (Å²) in [5.41, 5.74) is -1.75. The summed E-state index contributed by atoms with van der Waals surface area (Å²) in [6.45, 7) is 6.05. The fourth-order valence-electron chi connectivity index (χ4n) is 11.4. The van der Waals surface area contributed by atoms with Crippen molar-refractivity contribution in [3.8, 4) is 0 Å². The molecule has 9 unspecified atom stereocenters. The Morgan fingerprint density at radius 3 is 1.40 bits per heavy atom. The minimum atomic E-state index is -1.69. The number of nitrogens with zero attached hydrogens (tertiary/aromatic N) is 1. The van der Waals surface area contributed by atoms with Crippen molar-refractivity contribution in [3.63, 3.8) is 0 Å². The predicted molar refractivity (Wildman–Crippen MR) is 377 cm³/mol. The molecular weight excluding hydrogens is 1440 g/mol. The number of β-amino-alcohol motifs (C(OH)–C–C–N with tert-alkyl or cyclic N) is 1. The van der Waals surface area contributed by atoms with Crippen molar-refractivity contribution in [2.24, 2.45) is 0 Å². The van der Waals surface area contributed by atoms with Gasteiger partial charge in [0.25, 0.3) is 0 Å². The summed E-state index contributed by atoms with van der Waals surface area (Å²) in [6, 6.07) is -0.148. The number of unbranched alkanes of at least 4 members (excludes halogenated alkanes) is 7. The van der Waals surface area contributed by atoms with Gasteiger partial charge in [-0.05, 0) is 40.0 Å². The Balaban J connectivity index is 1.26. The van der Waals surface area contributed by atoms with Gasteiger partial charge in [0.2, 0.25) is 35.3 Å². The van der Waals surface area contributed by atoms with Crippen LogP contribution in [-0.2, 0) is 99.8 Å². The number of carbonyl (C=O) groups is 5. The van der Waals surface area contributed by atoms with Crippen LogP contribution in [0.4, 0.5) is 0 Å². The fraction of sp³-hybridized carbons (Fsp3) is 0.900. The number of ether oxygens (including phenoxy) is 16. The van der Waals surface area contributed by atoms with Crippen LogP contribution in [0.1, 0.15) is 117 Å². The quantitative estimate of drug-likeness (QED) is 0.0256. The molecule has 4 aliphatic heterocycles. The summed E-state index contributed by atoms with van der Waals surface area (Å²) in [4.78, 5) is 67.8. The van der Waals surface area contributed by atoms with Crippen molar-refractivity contribution >= 4 is 29.5 Å². The first kappa shape index (κ1) is 95.9. The number of aliphatic hydroxyl groups is 12. The highest BCUT2D eigenvalue weighted by Gasteiger charge is 2.45. The molecule has 3 saturated heterocycles. The SMILES string of the molecule is CC(C)(C)OC[C@@H]1C[C@@H](O)CN1C(=O)CCCCCCCCCCC(=O)NC(COCCC(=O)NCCOCCOCCOC1=C(O)C(O)[C@H](O)C(CO)O1)(COCCC(=O)NCCOCCOCCO[C@H]1OC(CO)CC(O)C1O)COCCC(=O)NCCOCCOCCO[C@H]1OC(CO)[C@@H](O)C(O)C1O. The van der Waals surface area contributed by atoms with E-state index in [-0.39, 0.29) is 238 Å². The van der Waals surface area contributed by atoms with E-state index in [1.54, 1.807) is 4.90 Å². The Morgan fingerprint density at radius 1 is 0.463 bits per heavy atom. The lowest BCUT2D eigenvalue weighted by atomic mass is 9.99. The van der Waals surface area contributed by atoms with Crippen molar-refractivity contribution < 1.29 is 161 Å². The van der Waals surface area contributed by atoms with Gasteiger partial charge in [0.05, 0.1) is 189 Å². The highest BCUT2D eigenvalue weighted by Crippen LogP contribution is 2.27. The molecule has 0 aliphatic carbocycles. The standard InChI is InChI=1S/C70H127N5O33/c1-69(2,3)105-44-48-38-49(79)40-75(48)58(85)13-11-9-7-5-4-6-8-10-12-57(84)74-70(45-99-20-14-54(81)71-17-23-93-26-29-96-32-35-102-66-59(86)51(80)39-50(41-76)106-66,46-100-21-15-55(82)72-18-24-94-27-30-97-33-36-103-67-64(91)62(89)60(87)52(42-77)107-67)47-101-22-16-56(83)73-19-25-95-28-31-98-34-37-104-68-65(92)63(90)61(88)53(43-78)108-68/h48-53,59-64,66-67,76-80,86-92H,4-47H2,1-3H3,(H,71,81)(H,72,82)(H,73,83)(H,74,84)/t48-,49+,50?,51?,52?,53?,59?,60+,61+,62?,63?,64?,66-,67-,70?/m0/s1. The van der Waals surface area contributed by atoms with Gasteiger partial charge in [-0.25, -0.2) is 0 Å². The van der Waals surface area contributed by atoms with Crippen LogP contribution in [0, 0.1) is 0 Å². The molecule has 0 saturated carbocycles. The molecule has 0 aromatic rings. The van der Waals surface area contributed by atoms with Crippen LogP contribution >= 0.6 is 0 Å². The number of hydrogen-bond acceptors (Lipinski definition) is 33. The van der Waals surface area contributed by atoms with Gasteiger partial charge in [-0.3, -0.25) is 24.0 Å². The molecule has 5 amide bonds. The van der Waals surface area contributed by atoms with Gasteiger partial charge >= 0.3 is 5.95 Å². The maximum Gasteiger partial charge on any atom is 0.322 e. The highest BCUT2D eigenvalue weighted by atomic mass is 16.7. The van der Waals surface area contributed by atoms with Crippen molar-refractivity contribution in [1.82, 2.24) is 26.2 Å². The number of amides is 5. The van der Waals surface area contributed by atoms with E-state index in [0.717, 1.165) is 44.9 Å². The smallest absolute Gasteiger partial charge is 0.322 e. The molecule has 0 bridgehead atoms. The van der Waals surface area contributed by atoms with Gasteiger partial charge in [0.1, 0.15) is 54.9 Å². The minimum absolute atomic E-state index is 0.0237. The molecule has 630 valence electrons. The number of likely N-dealkylation sites (tertiary alicyclic amines) is 1. The molecule has 0 radical (unpaired) electrons. The summed E-state index contributed by atoms with van der Waals surface area (Å²) in [5, 5.41) is 130. The number of carbonyl (C=O) groups excluding carboxylic acids is 5. The molecule has 4 heterocycles. The molecule has 16 N–H and O–H groups in total. The minimum Gasteiger partial charge on any atom is -0.504 e. The van der Waals surface area contributed by atoms with Gasteiger partial charge in [-0.1, -0.05) is 38.5 Å². The third-order valence-electron chi connectivity index (χ3n) is 17.4. The van der Waals surface area contributed by atoms with Crippen LogP contribution in [0.3, 0.4) is 0 Å². The fourth-order valence-corrected chi connectivity index (χ4v) is 11.4. The summed E-state index contributed by atoms with van der Waals surface area (Å²) in [5.74, 6) is -2.57. The molecule has 0 aromatic heterocycles. The second-order valence-electron chi connectivity index (χ2n) is 27.6. The number of aliphatic hydroxyl groups excluding tert-OH is 12. The summed E-state index contributed by atoms with van der Waals surface area (Å²) in [6.07, 6.45) is -8.73.